The second-order valence-electron chi connectivity index (χ2n) is 6.09. The van der Waals surface area contributed by atoms with Crippen LogP contribution in [-0.4, -0.2) is 70.7 Å². The van der Waals surface area contributed by atoms with Gasteiger partial charge in [0.25, 0.3) is 0 Å². The summed E-state index contributed by atoms with van der Waals surface area (Å²) in [5.74, 6) is 0. The summed E-state index contributed by atoms with van der Waals surface area (Å²) in [4.78, 5) is 16.2. The maximum atomic E-state index is 12.3. The van der Waals surface area contributed by atoms with Crippen molar-refractivity contribution in [1.29, 1.82) is 0 Å². The van der Waals surface area contributed by atoms with Crippen molar-refractivity contribution in [3.63, 3.8) is 0 Å². The number of nitrogens with two attached hydrogens (primary N) is 1. The SMILES string of the molecule is CC(c1ccc(S(N)(=O)=O)cc1)N(C)C(=O)NCCN1CCOCC1. The Morgan fingerprint density at radius 1 is 1.32 bits per heavy atom. The zero-order valence-electron chi connectivity index (χ0n) is 14.6. The molecule has 9 heteroatoms. The molecule has 1 aromatic carbocycles. The standard InChI is InChI=1S/C16H26N4O4S/c1-13(14-3-5-15(6-4-14)25(17,22)23)19(2)16(21)18-7-8-20-9-11-24-12-10-20/h3-6,13H,7-12H2,1-2H3,(H,18,21)(H2,17,22,23). The Labute approximate surface area is 149 Å². The number of primary sulfonamides is 1. The Balaban J connectivity index is 1.85. The van der Waals surface area contributed by atoms with E-state index in [9.17, 15) is 13.2 Å². The van der Waals surface area contributed by atoms with Gasteiger partial charge in [-0.15, -0.1) is 0 Å². The molecule has 0 radical (unpaired) electrons. The third-order valence-corrected chi connectivity index (χ3v) is 5.33. The van der Waals surface area contributed by atoms with Crippen LogP contribution in [0, 0.1) is 0 Å². The van der Waals surface area contributed by atoms with Crippen LogP contribution in [0.1, 0.15) is 18.5 Å². The predicted octanol–water partition coefficient (Wildman–Crippen LogP) is 0.369. The fraction of sp³-hybridized carbons (Fsp3) is 0.562. The number of hydrogen-bond acceptors (Lipinski definition) is 5. The Kier molecular flexibility index (Phi) is 6.77. The summed E-state index contributed by atoms with van der Waals surface area (Å²) in [6.07, 6.45) is 0. The van der Waals surface area contributed by atoms with Crippen molar-refractivity contribution in [3.8, 4) is 0 Å². The van der Waals surface area contributed by atoms with Crippen molar-refractivity contribution in [2.75, 3.05) is 46.4 Å². The van der Waals surface area contributed by atoms with Crippen molar-refractivity contribution in [2.24, 2.45) is 5.14 Å². The fourth-order valence-corrected chi connectivity index (χ4v) is 3.12. The van der Waals surface area contributed by atoms with Gasteiger partial charge in [0.2, 0.25) is 10.0 Å². The molecule has 2 rings (SSSR count). The third kappa shape index (κ3) is 5.67. The largest absolute Gasteiger partial charge is 0.379 e. The second kappa shape index (κ2) is 8.61. The molecule has 140 valence electrons. The van der Waals surface area contributed by atoms with Gasteiger partial charge >= 0.3 is 6.03 Å². The van der Waals surface area contributed by atoms with Crippen LogP contribution in [0.5, 0.6) is 0 Å². The number of amides is 2. The molecule has 1 atom stereocenters. The molecule has 1 saturated heterocycles. The molecule has 0 aromatic heterocycles. The molecule has 8 nitrogen and oxygen atoms in total. The number of ether oxygens (including phenoxy) is 1. The first kappa shape index (κ1) is 19.6. The van der Waals surface area contributed by atoms with Gasteiger partial charge in [0.1, 0.15) is 0 Å². The zero-order valence-corrected chi connectivity index (χ0v) is 15.5. The highest BCUT2D eigenvalue weighted by atomic mass is 32.2. The molecule has 1 aliphatic rings. The van der Waals surface area contributed by atoms with Gasteiger partial charge < -0.3 is 15.0 Å². The topological polar surface area (TPSA) is 105 Å². The van der Waals surface area contributed by atoms with Crippen molar-refractivity contribution < 1.29 is 17.9 Å². The molecule has 1 fully saturated rings. The lowest BCUT2D eigenvalue weighted by Crippen LogP contribution is -2.44. The number of hydrogen-bond donors (Lipinski definition) is 2. The lowest BCUT2D eigenvalue weighted by molar-refractivity contribution is 0.0385. The molecule has 3 N–H and O–H groups in total. The van der Waals surface area contributed by atoms with Gasteiger partial charge in [-0.2, -0.15) is 0 Å². The lowest BCUT2D eigenvalue weighted by atomic mass is 10.1. The van der Waals surface area contributed by atoms with Crippen molar-refractivity contribution >= 4 is 16.1 Å². The van der Waals surface area contributed by atoms with E-state index >= 15 is 0 Å². The maximum absolute atomic E-state index is 12.3. The summed E-state index contributed by atoms with van der Waals surface area (Å²) in [7, 11) is -2.00. The van der Waals surface area contributed by atoms with Crippen LogP contribution in [0.15, 0.2) is 29.2 Å². The summed E-state index contributed by atoms with van der Waals surface area (Å²) in [6.45, 7) is 6.49. The first-order chi connectivity index (χ1) is 11.8. The molecule has 1 unspecified atom stereocenters. The molecule has 0 saturated carbocycles. The number of rotatable bonds is 6. The molecule has 1 aliphatic heterocycles. The molecule has 25 heavy (non-hydrogen) atoms. The highest BCUT2D eigenvalue weighted by Gasteiger charge is 2.18. The zero-order chi connectivity index (χ0) is 18.4. The lowest BCUT2D eigenvalue weighted by Gasteiger charge is -2.28. The normalized spacial score (nSPS) is 17.1. The van der Waals surface area contributed by atoms with Gasteiger partial charge in [-0.25, -0.2) is 18.4 Å². The van der Waals surface area contributed by atoms with Crippen molar-refractivity contribution in [2.45, 2.75) is 17.9 Å². The maximum Gasteiger partial charge on any atom is 0.317 e. The molecular weight excluding hydrogens is 344 g/mol. The molecule has 0 bridgehead atoms. The number of nitrogens with zero attached hydrogens (tertiary/aromatic N) is 2. The van der Waals surface area contributed by atoms with E-state index in [-0.39, 0.29) is 17.0 Å². The first-order valence-corrected chi connectivity index (χ1v) is 9.77. The number of morpholine rings is 1. The van der Waals surface area contributed by atoms with E-state index in [1.807, 2.05) is 6.92 Å². The Morgan fingerprint density at radius 3 is 2.48 bits per heavy atom. The number of carbonyl (C=O) groups excluding carboxylic acids is 1. The van der Waals surface area contributed by atoms with E-state index in [4.69, 9.17) is 9.88 Å². The van der Waals surface area contributed by atoms with E-state index in [0.717, 1.165) is 38.4 Å². The number of urea groups is 1. The molecule has 1 aromatic rings. The van der Waals surface area contributed by atoms with Crippen LogP contribution in [0.3, 0.4) is 0 Å². The minimum absolute atomic E-state index is 0.0565. The average Bonchev–Trinajstić information content (AvgIpc) is 2.60. The first-order valence-electron chi connectivity index (χ1n) is 8.22. The van der Waals surface area contributed by atoms with E-state index in [2.05, 4.69) is 10.2 Å². The summed E-state index contributed by atoms with van der Waals surface area (Å²) in [5, 5.41) is 8.00. The van der Waals surface area contributed by atoms with E-state index in [1.165, 1.54) is 12.1 Å². The van der Waals surface area contributed by atoms with Gasteiger partial charge in [0.05, 0.1) is 24.2 Å². The van der Waals surface area contributed by atoms with Crippen LogP contribution in [0.25, 0.3) is 0 Å². The molecule has 1 heterocycles. The highest BCUT2D eigenvalue weighted by molar-refractivity contribution is 7.89. The fourth-order valence-electron chi connectivity index (χ4n) is 2.61. The van der Waals surface area contributed by atoms with Crippen molar-refractivity contribution in [1.82, 2.24) is 15.1 Å². The van der Waals surface area contributed by atoms with Crippen LogP contribution in [-0.2, 0) is 14.8 Å². The minimum Gasteiger partial charge on any atom is -0.379 e. The van der Waals surface area contributed by atoms with Gasteiger partial charge in [-0.05, 0) is 24.6 Å². The molecule has 0 aliphatic carbocycles. The molecular formula is C16H26N4O4S. The predicted molar refractivity (Wildman–Crippen MR) is 94.7 cm³/mol. The average molecular weight is 370 g/mol. The van der Waals surface area contributed by atoms with Crippen LogP contribution in [0.2, 0.25) is 0 Å². The second-order valence-corrected chi connectivity index (χ2v) is 7.65. The Bertz CT molecular complexity index is 672. The van der Waals surface area contributed by atoms with E-state index in [0.29, 0.717) is 6.54 Å². The Hall–Kier alpha value is -1.68. The summed E-state index contributed by atoms with van der Waals surface area (Å²) in [6, 6.07) is 5.87. The van der Waals surface area contributed by atoms with Gasteiger partial charge in [0.15, 0.2) is 0 Å². The van der Waals surface area contributed by atoms with Gasteiger partial charge in [0, 0.05) is 33.2 Å². The van der Waals surface area contributed by atoms with E-state index in [1.54, 1.807) is 24.1 Å². The Morgan fingerprint density at radius 2 is 1.92 bits per heavy atom. The third-order valence-electron chi connectivity index (χ3n) is 4.40. The molecule has 2 amide bonds. The highest BCUT2D eigenvalue weighted by Crippen LogP contribution is 2.20. The monoisotopic (exact) mass is 370 g/mol. The number of benzene rings is 1. The van der Waals surface area contributed by atoms with Crippen molar-refractivity contribution in [3.05, 3.63) is 29.8 Å². The number of sulfonamides is 1. The number of nitrogens with one attached hydrogen (secondary N) is 1. The summed E-state index contributed by atoms with van der Waals surface area (Å²) >= 11 is 0. The van der Waals surface area contributed by atoms with Crippen LogP contribution < -0.4 is 10.5 Å². The van der Waals surface area contributed by atoms with Crippen LogP contribution in [0.4, 0.5) is 4.79 Å². The smallest absolute Gasteiger partial charge is 0.317 e. The van der Waals surface area contributed by atoms with Gasteiger partial charge in [-0.3, -0.25) is 4.90 Å². The summed E-state index contributed by atoms with van der Waals surface area (Å²) in [5.41, 5.74) is 0.832. The molecule has 0 spiro atoms. The minimum atomic E-state index is -3.71. The summed E-state index contributed by atoms with van der Waals surface area (Å²) < 4.78 is 27.9. The van der Waals surface area contributed by atoms with Gasteiger partial charge in [-0.1, -0.05) is 12.1 Å². The van der Waals surface area contributed by atoms with Crippen LogP contribution >= 0.6 is 0 Å². The quantitative estimate of drug-likeness (QED) is 0.753. The number of carbonyl (C=O) groups is 1. The van der Waals surface area contributed by atoms with E-state index < -0.39 is 10.0 Å².